The van der Waals surface area contributed by atoms with Crippen LogP contribution in [0.1, 0.15) is 40.5 Å². The third kappa shape index (κ3) is 9.84. The van der Waals surface area contributed by atoms with Gasteiger partial charge in [-0.3, -0.25) is 0 Å². The standard InChI is InChI=1S/C11H26N2/c1-10(12)7-6-8-13(5)9-11(2,3)4/h10H,6-9,12H2,1-5H3. The molecule has 2 heteroatoms. The van der Waals surface area contributed by atoms with Crippen molar-refractivity contribution in [1.82, 2.24) is 4.90 Å². The second-order valence-electron chi connectivity index (χ2n) is 5.42. The Kier molecular flexibility index (Phi) is 5.57. The van der Waals surface area contributed by atoms with Gasteiger partial charge < -0.3 is 10.6 Å². The fraction of sp³-hybridized carbons (Fsp3) is 1.00. The zero-order chi connectivity index (χ0) is 10.5. The molecular formula is C11H26N2. The molecular weight excluding hydrogens is 160 g/mol. The van der Waals surface area contributed by atoms with Gasteiger partial charge in [0.15, 0.2) is 0 Å². The van der Waals surface area contributed by atoms with Crippen molar-refractivity contribution in [3.05, 3.63) is 0 Å². The molecule has 0 spiro atoms. The van der Waals surface area contributed by atoms with Crippen LogP contribution in [0.25, 0.3) is 0 Å². The lowest BCUT2D eigenvalue weighted by Gasteiger charge is -2.26. The molecule has 0 fully saturated rings. The van der Waals surface area contributed by atoms with E-state index >= 15 is 0 Å². The van der Waals surface area contributed by atoms with Gasteiger partial charge in [-0.15, -0.1) is 0 Å². The fourth-order valence-corrected chi connectivity index (χ4v) is 1.57. The molecule has 2 nitrogen and oxygen atoms in total. The van der Waals surface area contributed by atoms with Crippen molar-refractivity contribution in [3.8, 4) is 0 Å². The zero-order valence-electron chi connectivity index (χ0n) is 9.93. The summed E-state index contributed by atoms with van der Waals surface area (Å²) in [6.07, 6.45) is 2.35. The van der Waals surface area contributed by atoms with Gasteiger partial charge in [0.05, 0.1) is 0 Å². The highest BCUT2D eigenvalue weighted by molar-refractivity contribution is 4.66. The van der Waals surface area contributed by atoms with Crippen molar-refractivity contribution in [1.29, 1.82) is 0 Å². The van der Waals surface area contributed by atoms with Gasteiger partial charge in [-0.2, -0.15) is 0 Å². The molecule has 1 unspecified atom stereocenters. The molecule has 0 aromatic carbocycles. The highest BCUT2D eigenvalue weighted by Gasteiger charge is 2.12. The van der Waals surface area contributed by atoms with Crippen LogP contribution in [0.4, 0.5) is 0 Å². The Balaban J connectivity index is 3.46. The van der Waals surface area contributed by atoms with Crippen molar-refractivity contribution in [2.24, 2.45) is 11.1 Å². The van der Waals surface area contributed by atoms with Crippen LogP contribution >= 0.6 is 0 Å². The second-order valence-corrected chi connectivity index (χ2v) is 5.42. The normalized spacial score (nSPS) is 15.0. The van der Waals surface area contributed by atoms with E-state index < -0.39 is 0 Å². The van der Waals surface area contributed by atoms with Gasteiger partial charge >= 0.3 is 0 Å². The Labute approximate surface area is 83.5 Å². The van der Waals surface area contributed by atoms with Crippen LogP contribution in [-0.4, -0.2) is 31.1 Å². The van der Waals surface area contributed by atoms with Crippen LogP contribution in [0.3, 0.4) is 0 Å². The minimum Gasteiger partial charge on any atom is -0.328 e. The maximum atomic E-state index is 5.69. The molecule has 0 amide bonds. The summed E-state index contributed by atoms with van der Waals surface area (Å²) in [6.45, 7) is 11.2. The van der Waals surface area contributed by atoms with Gasteiger partial charge in [0.2, 0.25) is 0 Å². The van der Waals surface area contributed by atoms with E-state index in [9.17, 15) is 0 Å². The van der Waals surface area contributed by atoms with E-state index in [1.165, 1.54) is 13.0 Å². The summed E-state index contributed by atoms with van der Waals surface area (Å²) in [5, 5.41) is 0. The van der Waals surface area contributed by atoms with E-state index in [4.69, 9.17) is 5.73 Å². The zero-order valence-corrected chi connectivity index (χ0v) is 9.93. The lowest BCUT2D eigenvalue weighted by molar-refractivity contribution is 0.223. The lowest BCUT2D eigenvalue weighted by Crippen LogP contribution is -2.30. The number of nitrogens with two attached hydrogens (primary N) is 1. The molecule has 0 radical (unpaired) electrons. The third-order valence-corrected chi connectivity index (χ3v) is 1.94. The summed E-state index contributed by atoms with van der Waals surface area (Å²) in [7, 11) is 2.19. The Morgan fingerprint density at radius 1 is 1.31 bits per heavy atom. The first-order valence-electron chi connectivity index (χ1n) is 5.25. The van der Waals surface area contributed by atoms with Gasteiger partial charge in [-0.1, -0.05) is 20.8 Å². The first-order chi connectivity index (χ1) is 5.81. The molecule has 13 heavy (non-hydrogen) atoms. The maximum absolute atomic E-state index is 5.69. The molecule has 0 saturated heterocycles. The number of hydrogen-bond acceptors (Lipinski definition) is 2. The highest BCUT2D eigenvalue weighted by Crippen LogP contribution is 2.14. The van der Waals surface area contributed by atoms with Crippen LogP contribution in [0.5, 0.6) is 0 Å². The summed E-state index contributed by atoms with van der Waals surface area (Å²) < 4.78 is 0. The minimum absolute atomic E-state index is 0.350. The molecule has 80 valence electrons. The number of hydrogen-bond donors (Lipinski definition) is 1. The molecule has 0 aromatic rings. The molecule has 0 saturated carbocycles. The summed E-state index contributed by atoms with van der Waals surface area (Å²) in [5.41, 5.74) is 6.09. The molecule has 0 aliphatic heterocycles. The maximum Gasteiger partial charge on any atom is 0.00270 e. The smallest absolute Gasteiger partial charge is 0.00270 e. The molecule has 0 aliphatic carbocycles. The van der Waals surface area contributed by atoms with Gasteiger partial charge in [0, 0.05) is 12.6 Å². The Hall–Kier alpha value is -0.0800. The first-order valence-corrected chi connectivity index (χ1v) is 5.25. The Bertz CT molecular complexity index is 125. The SMILES string of the molecule is CC(N)CCCN(C)CC(C)(C)C. The number of nitrogens with zero attached hydrogens (tertiary/aromatic N) is 1. The molecule has 2 N–H and O–H groups in total. The van der Waals surface area contributed by atoms with E-state index in [2.05, 4.69) is 39.6 Å². The monoisotopic (exact) mass is 186 g/mol. The van der Waals surface area contributed by atoms with Crippen LogP contribution in [0, 0.1) is 5.41 Å². The largest absolute Gasteiger partial charge is 0.328 e. The summed E-state index contributed by atoms with van der Waals surface area (Å²) in [5.74, 6) is 0. The summed E-state index contributed by atoms with van der Waals surface area (Å²) in [4.78, 5) is 2.39. The van der Waals surface area contributed by atoms with Crippen molar-refractivity contribution < 1.29 is 0 Å². The van der Waals surface area contributed by atoms with Crippen LogP contribution in [-0.2, 0) is 0 Å². The molecule has 0 heterocycles. The predicted molar refractivity (Wildman–Crippen MR) is 59.8 cm³/mol. The molecule has 1 atom stereocenters. The molecule has 0 aromatic heterocycles. The number of rotatable bonds is 5. The van der Waals surface area contributed by atoms with Crippen molar-refractivity contribution in [2.75, 3.05) is 20.1 Å². The average Bonchev–Trinajstić information content (AvgIpc) is 1.81. The van der Waals surface area contributed by atoms with Gasteiger partial charge in [-0.25, -0.2) is 0 Å². The first kappa shape index (κ1) is 12.9. The quantitative estimate of drug-likeness (QED) is 0.712. The average molecular weight is 186 g/mol. The van der Waals surface area contributed by atoms with E-state index in [0.29, 0.717) is 11.5 Å². The van der Waals surface area contributed by atoms with Gasteiger partial charge in [-0.05, 0) is 38.8 Å². The van der Waals surface area contributed by atoms with Crippen molar-refractivity contribution in [3.63, 3.8) is 0 Å². The third-order valence-electron chi connectivity index (χ3n) is 1.94. The van der Waals surface area contributed by atoms with Crippen LogP contribution < -0.4 is 5.73 Å². The topological polar surface area (TPSA) is 29.3 Å². The summed E-state index contributed by atoms with van der Waals surface area (Å²) >= 11 is 0. The highest BCUT2D eigenvalue weighted by atomic mass is 15.1. The van der Waals surface area contributed by atoms with E-state index in [-0.39, 0.29) is 0 Å². The Morgan fingerprint density at radius 3 is 2.23 bits per heavy atom. The predicted octanol–water partition coefficient (Wildman–Crippen LogP) is 2.09. The Morgan fingerprint density at radius 2 is 1.85 bits per heavy atom. The molecule has 0 rings (SSSR count). The molecule has 0 bridgehead atoms. The van der Waals surface area contributed by atoms with E-state index in [0.717, 1.165) is 13.0 Å². The van der Waals surface area contributed by atoms with Crippen LogP contribution in [0.15, 0.2) is 0 Å². The van der Waals surface area contributed by atoms with E-state index in [1.54, 1.807) is 0 Å². The lowest BCUT2D eigenvalue weighted by atomic mass is 9.96. The minimum atomic E-state index is 0.350. The van der Waals surface area contributed by atoms with E-state index in [1.807, 2.05) is 0 Å². The summed E-state index contributed by atoms with van der Waals surface area (Å²) in [6, 6.07) is 0.350. The second kappa shape index (κ2) is 5.61. The fourth-order valence-electron chi connectivity index (χ4n) is 1.57. The van der Waals surface area contributed by atoms with Crippen molar-refractivity contribution >= 4 is 0 Å². The molecule has 0 aliphatic rings. The van der Waals surface area contributed by atoms with Crippen LogP contribution in [0.2, 0.25) is 0 Å². The van der Waals surface area contributed by atoms with Crippen molar-refractivity contribution in [2.45, 2.75) is 46.6 Å². The van der Waals surface area contributed by atoms with Gasteiger partial charge in [0.1, 0.15) is 0 Å². The van der Waals surface area contributed by atoms with Gasteiger partial charge in [0.25, 0.3) is 0 Å².